The van der Waals surface area contributed by atoms with Gasteiger partial charge in [-0.2, -0.15) is 0 Å². The molecule has 0 saturated heterocycles. The van der Waals surface area contributed by atoms with Gasteiger partial charge in [0.25, 0.3) is 0 Å². The molecule has 7 nitrogen and oxygen atoms in total. The van der Waals surface area contributed by atoms with E-state index in [1.165, 1.54) is 0 Å². The fourth-order valence-corrected chi connectivity index (χ4v) is 2.26. The smallest absolute Gasteiger partial charge is 0.425 e. The van der Waals surface area contributed by atoms with Gasteiger partial charge < -0.3 is 15.2 Å². The third-order valence-corrected chi connectivity index (χ3v) is 3.57. The van der Waals surface area contributed by atoms with Gasteiger partial charge in [-0.25, -0.2) is 15.6 Å². The second-order valence-corrected chi connectivity index (χ2v) is 7.20. The van der Waals surface area contributed by atoms with Crippen molar-refractivity contribution < 1.29 is 19.1 Å². The molecule has 0 aliphatic rings. The molecule has 26 heavy (non-hydrogen) atoms. The molecule has 1 rings (SSSR count). The van der Waals surface area contributed by atoms with Crippen molar-refractivity contribution in [3.8, 4) is 0 Å². The minimum atomic E-state index is -0.657. The lowest BCUT2D eigenvalue weighted by atomic mass is 10.1. The molecule has 1 aromatic rings. The number of hydrogen-bond donors (Lipinski definition) is 2. The van der Waals surface area contributed by atoms with Gasteiger partial charge in [0, 0.05) is 6.42 Å². The summed E-state index contributed by atoms with van der Waals surface area (Å²) in [5, 5.41) is 0.913. The Morgan fingerprint density at radius 3 is 2.38 bits per heavy atom. The first-order valence-corrected chi connectivity index (χ1v) is 8.91. The number of benzene rings is 1. The molecule has 0 fully saturated rings. The second-order valence-electron chi connectivity index (χ2n) is 7.20. The predicted molar refractivity (Wildman–Crippen MR) is 99.6 cm³/mol. The molecule has 0 aliphatic carbocycles. The van der Waals surface area contributed by atoms with Crippen molar-refractivity contribution in [1.82, 2.24) is 5.01 Å². The quantitative estimate of drug-likeness (QED) is 0.174. The minimum Gasteiger partial charge on any atom is -0.460 e. The molecule has 4 N–H and O–H groups in total. The SMILES string of the molecule is CC(C)(C)OC(=O)CCCCCC(N)N(N)C(=O)OCc1ccccc1. The number of nitrogens with two attached hydrogens (primary N) is 2. The maximum Gasteiger partial charge on any atom is 0.425 e. The monoisotopic (exact) mass is 365 g/mol. The lowest BCUT2D eigenvalue weighted by Crippen LogP contribution is -2.50. The third kappa shape index (κ3) is 9.39. The maximum absolute atomic E-state index is 11.9. The normalized spacial score (nSPS) is 12.3. The molecule has 1 atom stereocenters. The number of carbonyl (C=O) groups excluding carboxylic acids is 2. The zero-order chi connectivity index (χ0) is 19.6. The van der Waals surface area contributed by atoms with Crippen LogP contribution in [-0.2, 0) is 20.9 Å². The molecule has 146 valence electrons. The number of carbonyl (C=O) groups is 2. The molecule has 1 unspecified atom stereocenters. The molecule has 1 aromatic carbocycles. The zero-order valence-corrected chi connectivity index (χ0v) is 15.9. The Balaban J connectivity index is 2.18. The fraction of sp³-hybridized carbons (Fsp3) is 0.579. The number of unbranched alkanes of at least 4 members (excludes halogenated alkanes) is 2. The highest BCUT2D eigenvalue weighted by atomic mass is 16.6. The second kappa shape index (κ2) is 10.8. The Kier molecular flexibility index (Phi) is 9.09. The molecular formula is C19H31N3O4. The van der Waals surface area contributed by atoms with Gasteiger partial charge in [0.15, 0.2) is 0 Å². The van der Waals surface area contributed by atoms with Crippen molar-refractivity contribution in [3.05, 3.63) is 35.9 Å². The Bertz CT molecular complexity index is 558. The van der Waals surface area contributed by atoms with Gasteiger partial charge in [0.1, 0.15) is 12.2 Å². The summed E-state index contributed by atoms with van der Waals surface area (Å²) in [5.74, 6) is 5.51. The van der Waals surface area contributed by atoms with E-state index in [1.807, 2.05) is 51.1 Å². The topological polar surface area (TPSA) is 108 Å². The van der Waals surface area contributed by atoms with Crippen LogP contribution in [0.3, 0.4) is 0 Å². The average Bonchev–Trinajstić information content (AvgIpc) is 2.57. The first-order chi connectivity index (χ1) is 12.2. The summed E-state index contributed by atoms with van der Waals surface area (Å²) in [4.78, 5) is 23.5. The van der Waals surface area contributed by atoms with Crippen molar-refractivity contribution >= 4 is 12.1 Å². The van der Waals surface area contributed by atoms with Crippen LogP contribution in [0.15, 0.2) is 30.3 Å². The van der Waals surface area contributed by atoms with Gasteiger partial charge in [-0.05, 0) is 45.6 Å². The lowest BCUT2D eigenvalue weighted by Gasteiger charge is -2.23. The number of hydrazine groups is 1. The standard InChI is InChI=1S/C19H31N3O4/c1-19(2,3)26-17(23)13-9-5-8-12-16(20)22(21)18(24)25-14-15-10-6-4-7-11-15/h4,6-7,10-11,16H,5,8-9,12-14,20-21H2,1-3H3. The van der Waals surface area contributed by atoms with Crippen LogP contribution in [0.25, 0.3) is 0 Å². The van der Waals surface area contributed by atoms with E-state index in [-0.39, 0.29) is 12.6 Å². The van der Waals surface area contributed by atoms with Crippen LogP contribution in [0.5, 0.6) is 0 Å². The molecule has 0 heterocycles. The maximum atomic E-state index is 11.9. The molecule has 0 bridgehead atoms. The van der Waals surface area contributed by atoms with E-state index < -0.39 is 17.9 Å². The van der Waals surface area contributed by atoms with Gasteiger partial charge in [0.2, 0.25) is 0 Å². The van der Waals surface area contributed by atoms with Crippen LogP contribution in [0.2, 0.25) is 0 Å². The van der Waals surface area contributed by atoms with E-state index in [1.54, 1.807) is 0 Å². The van der Waals surface area contributed by atoms with E-state index >= 15 is 0 Å². The van der Waals surface area contributed by atoms with Gasteiger partial charge >= 0.3 is 12.1 Å². The Morgan fingerprint density at radius 1 is 1.12 bits per heavy atom. The third-order valence-electron chi connectivity index (χ3n) is 3.57. The first kappa shape index (κ1) is 21.9. The number of esters is 1. The van der Waals surface area contributed by atoms with Crippen molar-refractivity contribution in [2.24, 2.45) is 11.6 Å². The van der Waals surface area contributed by atoms with E-state index in [4.69, 9.17) is 21.1 Å². The van der Waals surface area contributed by atoms with Gasteiger partial charge in [0.05, 0.1) is 6.17 Å². The highest BCUT2D eigenvalue weighted by Crippen LogP contribution is 2.12. The number of hydrogen-bond acceptors (Lipinski definition) is 6. The van der Waals surface area contributed by atoms with Crippen molar-refractivity contribution in [3.63, 3.8) is 0 Å². The average molecular weight is 365 g/mol. The van der Waals surface area contributed by atoms with Crippen LogP contribution in [0.1, 0.15) is 58.4 Å². The van der Waals surface area contributed by atoms with Gasteiger partial charge in [-0.1, -0.05) is 36.8 Å². The Morgan fingerprint density at radius 2 is 1.77 bits per heavy atom. The highest BCUT2D eigenvalue weighted by molar-refractivity contribution is 5.69. The molecule has 0 saturated carbocycles. The highest BCUT2D eigenvalue weighted by Gasteiger charge is 2.19. The van der Waals surface area contributed by atoms with Gasteiger partial charge in [-0.15, -0.1) is 0 Å². The zero-order valence-electron chi connectivity index (χ0n) is 15.9. The molecular weight excluding hydrogens is 334 g/mol. The van der Waals surface area contributed by atoms with Gasteiger partial charge in [-0.3, -0.25) is 4.79 Å². The number of amides is 1. The van der Waals surface area contributed by atoms with E-state index in [0.717, 1.165) is 23.4 Å². The summed E-state index contributed by atoms with van der Waals surface area (Å²) in [6.45, 7) is 5.68. The molecule has 0 aromatic heterocycles. The van der Waals surface area contributed by atoms with Crippen molar-refractivity contribution in [2.45, 2.75) is 71.2 Å². The van der Waals surface area contributed by atoms with Crippen LogP contribution in [0, 0.1) is 0 Å². The van der Waals surface area contributed by atoms with Crippen molar-refractivity contribution in [1.29, 1.82) is 0 Å². The molecule has 0 aliphatic heterocycles. The van der Waals surface area contributed by atoms with Crippen LogP contribution >= 0.6 is 0 Å². The summed E-state index contributed by atoms with van der Waals surface area (Å²) < 4.78 is 10.4. The summed E-state index contributed by atoms with van der Waals surface area (Å²) in [6.07, 6.45) is 1.90. The summed E-state index contributed by atoms with van der Waals surface area (Å²) in [6, 6.07) is 9.34. The molecule has 7 heteroatoms. The number of nitrogens with zero attached hydrogens (tertiary/aromatic N) is 1. The Labute approximate surface area is 155 Å². The van der Waals surface area contributed by atoms with Crippen LogP contribution < -0.4 is 11.6 Å². The van der Waals surface area contributed by atoms with E-state index in [2.05, 4.69) is 0 Å². The minimum absolute atomic E-state index is 0.149. The predicted octanol–water partition coefficient (Wildman–Crippen LogP) is 3.08. The summed E-state index contributed by atoms with van der Waals surface area (Å²) >= 11 is 0. The summed E-state index contributed by atoms with van der Waals surface area (Å²) in [5.41, 5.74) is 6.34. The first-order valence-electron chi connectivity index (χ1n) is 8.91. The van der Waals surface area contributed by atoms with Crippen LogP contribution in [-0.4, -0.2) is 28.8 Å². The molecule has 1 amide bonds. The Hall–Kier alpha value is -2.12. The fourth-order valence-electron chi connectivity index (χ4n) is 2.26. The molecule has 0 radical (unpaired) electrons. The van der Waals surface area contributed by atoms with Crippen molar-refractivity contribution in [2.75, 3.05) is 0 Å². The lowest BCUT2D eigenvalue weighted by molar-refractivity contribution is -0.154. The molecule has 0 spiro atoms. The largest absolute Gasteiger partial charge is 0.460 e. The van der Waals surface area contributed by atoms with Crippen LogP contribution in [0.4, 0.5) is 4.79 Å². The summed E-state index contributed by atoms with van der Waals surface area (Å²) in [7, 11) is 0. The number of ether oxygens (including phenoxy) is 2. The number of rotatable bonds is 9. The van der Waals surface area contributed by atoms with E-state index in [0.29, 0.717) is 19.3 Å². The van der Waals surface area contributed by atoms with E-state index in [9.17, 15) is 9.59 Å².